The van der Waals surface area contributed by atoms with Crippen molar-refractivity contribution < 1.29 is 18.7 Å². The standard InChI is InChI=1S/C28H25FN2O3/c1-2-33-27(32)16-19-5-3-4-6-25(19)34-26-10-9-21-23(26)14-20(15-24(21)29)18-8-7-17-11-12-31-28(30)22(17)13-18/h3-8,11-15,26H,2,9-10,16H2,1H3,(H2,30,31). The maximum atomic E-state index is 15.1. The second kappa shape index (κ2) is 9.14. The molecule has 1 aromatic heterocycles. The maximum Gasteiger partial charge on any atom is 0.310 e. The number of carbonyl (C=O) groups excluding carboxylic acids is 1. The molecular formula is C28H25FN2O3. The van der Waals surface area contributed by atoms with Crippen LogP contribution >= 0.6 is 0 Å². The molecule has 0 fully saturated rings. The fourth-order valence-corrected chi connectivity index (χ4v) is 4.58. The van der Waals surface area contributed by atoms with Crippen LogP contribution in [0.2, 0.25) is 0 Å². The molecule has 1 unspecified atom stereocenters. The van der Waals surface area contributed by atoms with Crippen LogP contribution in [0.25, 0.3) is 21.9 Å². The Morgan fingerprint density at radius 2 is 1.97 bits per heavy atom. The lowest BCUT2D eigenvalue weighted by Crippen LogP contribution is -2.10. The number of halogens is 1. The number of ether oxygens (including phenoxy) is 2. The number of rotatable bonds is 6. The number of para-hydroxylation sites is 1. The van der Waals surface area contributed by atoms with Crippen molar-refractivity contribution in [3.05, 3.63) is 89.4 Å². The highest BCUT2D eigenvalue weighted by Gasteiger charge is 2.28. The molecule has 1 aliphatic carbocycles. The van der Waals surface area contributed by atoms with Gasteiger partial charge in [0.05, 0.1) is 13.0 Å². The SMILES string of the molecule is CCOC(=O)Cc1ccccc1OC1CCc2c(F)cc(-c3ccc4ccnc(N)c4c3)cc21. The van der Waals surface area contributed by atoms with Crippen molar-refractivity contribution in [1.82, 2.24) is 4.98 Å². The van der Waals surface area contributed by atoms with Gasteiger partial charge in [-0.1, -0.05) is 30.3 Å². The smallest absolute Gasteiger partial charge is 0.310 e. The molecule has 34 heavy (non-hydrogen) atoms. The van der Waals surface area contributed by atoms with E-state index in [1.54, 1.807) is 19.2 Å². The molecule has 5 rings (SSSR count). The number of pyridine rings is 1. The zero-order valence-electron chi connectivity index (χ0n) is 18.9. The molecule has 1 aliphatic rings. The monoisotopic (exact) mass is 456 g/mol. The highest BCUT2D eigenvalue weighted by atomic mass is 19.1. The fraction of sp³-hybridized carbons (Fsp3) is 0.214. The lowest BCUT2D eigenvalue weighted by Gasteiger charge is -2.18. The summed E-state index contributed by atoms with van der Waals surface area (Å²) in [5.41, 5.74) is 9.95. The van der Waals surface area contributed by atoms with E-state index in [-0.39, 0.29) is 24.3 Å². The van der Waals surface area contributed by atoms with Crippen molar-refractivity contribution in [1.29, 1.82) is 0 Å². The van der Waals surface area contributed by atoms with Gasteiger partial charge in [0, 0.05) is 17.1 Å². The van der Waals surface area contributed by atoms with Crippen molar-refractivity contribution in [2.45, 2.75) is 32.3 Å². The van der Waals surface area contributed by atoms with Gasteiger partial charge in [0.2, 0.25) is 0 Å². The van der Waals surface area contributed by atoms with Gasteiger partial charge >= 0.3 is 5.97 Å². The largest absolute Gasteiger partial charge is 0.485 e. The number of hydrogen-bond donors (Lipinski definition) is 1. The number of esters is 1. The summed E-state index contributed by atoms with van der Waals surface area (Å²) in [7, 11) is 0. The van der Waals surface area contributed by atoms with Crippen molar-refractivity contribution >= 4 is 22.6 Å². The maximum absolute atomic E-state index is 15.1. The molecule has 2 N–H and O–H groups in total. The molecule has 0 spiro atoms. The number of nitrogen functional groups attached to an aromatic ring is 1. The zero-order valence-corrected chi connectivity index (χ0v) is 18.9. The Hall–Kier alpha value is -3.93. The average molecular weight is 457 g/mol. The van der Waals surface area contributed by atoms with E-state index in [0.29, 0.717) is 36.6 Å². The van der Waals surface area contributed by atoms with Crippen LogP contribution in [0.1, 0.15) is 36.1 Å². The van der Waals surface area contributed by atoms with E-state index in [0.717, 1.165) is 33.0 Å². The lowest BCUT2D eigenvalue weighted by atomic mass is 9.97. The summed E-state index contributed by atoms with van der Waals surface area (Å²) in [4.78, 5) is 16.2. The van der Waals surface area contributed by atoms with Gasteiger partial charge in [-0.15, -0.1) is 0 Å². The quantitative estimate of drug-likeness (QED) is 0.372. The Morgan fingerprint density at radius 3 is 2.82 bits per heavy atom. The molecule has 1 heterocycles. The molecule has 4 aromatic rings. The van der Waals surface area contributed by atoms with Crippen LogP contribution in [0, 0.1) is 5.82 Å². The van der Waals surface area contributed by atoms with Gasteiger partial charge in [-0.05, 0) is 77.7 Å². The van der Waals surface area contributed by atoms with E-state index in [1.807, 2.05) is 54.6 Å². The number of anilines is 1. The predicted molar refractivity (Wildman–Crippen MR) is 130 cm³/mol. The van der Waals surface area contributed by atoms with E-state index in [4.69, 9.17) is 15.2 Å². The third kappa shape index (κ3) is 4.19. The Kier molecular flexibility index (Phi) is 5.88. The van der Waals surface area contributed by atoms with Crippen LogP contribution in [0.3, 0.4) is 0 Å². The molecule has 0 aliphatic heterocycles. The van der Waals surface area contributed by atoms with Crippen molar-refractivity contribution in [3.63, 3.8) is 0 Å². The molecule has 172 valence electrons. The molecule has 6 heteroatoms. The van der Waals surface area contributed by atoms with Crippen molar-refractivity contribution in [3.8, 4) is 16.9 Å². The van der Waals surface area contributed by atoms with Crippen molar-refractivity contribution in [2.75, 3.05) is 12.3 Å². The van der Waals surface area contributed by atoms with Gasteiger partial charge in [0.15, 0.2) is 0 Å². The summed E-state index contributed by atoms with van der Waals surface area (Å²) < 4.78 is 26.6. The molecular weight excluding hydrogens is 431 g/mol. The summed E-state index contributed by atoms with van der Waals surface area (Å²) in [5.74, 6) is 0.519. The summed E-state index contributed by atoms with van der Waals surface area (Å²) in [6, 6.07) is 18.8. The fourth-order valence-electron chi connectivity index (χ4n) is 4.58. The molecule has 0 saturated heterocycles. The molecule has 0 amide bonds. The minimum Gasteiger partial charge on any atom is -0.485 e. The molecule has 0 bridgehead atoms. The van der Waals surface area contributed by atoms with E-state index in [1.165, 1.54) is 0 Å². The van der Waals surface area contributed by atoms with Crippen LogP contribution in [0.5, 0.6) is 5.75 Å². The normalized spacial score (nSPS) is 14.7. The zero-order chi connectivity index (χ0) is 23.7. The first-order valence-corrected chi connectivity index (χ1v) is 11.4. The summed E-state index contributed by atoms with van der Waals surface area (Å²) in [5, 5.41) is 1.82. The molecule has 1 atom stereocenters. The predicted octanol–water partition coefficient (Wildman–Crippen LogP) is 5.80. The average Bonchev–Trinajstić information content (AvgIpc) is 3.24. The number of carbonyl (C=O) groups is 1. The Balaban J connectivity index is 1.48. The minimum absolute atomic E-state index is 0.130. The topological polar surface area (TPSA) is 74.4 Å². The van der Waals surface area contributed by atoms with Gasteiger partial charge in [-0.3, -0.25) is 4.79 Å². The Morgan fingerprint density at radius 1 is 1.12 bits per heavy atom. The van der Waals surface area contributed by atoms with Crippen LogP contribution < -0.4 is 10.5 Å². The number of hydrogen-bond acceptors (Lipinski definition) is 5. The first kappa shape index (κ1) is 21.9. The van der Waals surface area contributed by atoms with Crippen LogP contribution in [0.4, 0.5) is 10.2 Å². The van der Waals surface area contributed by atoms with E-state index >= 15 is 4.39 Å². The molecule has 0 saturated carbocycles. The first-order valence-electron chi connectivity index (χ1n) is 11.4. The summed E-state index contributed by atoms with van der Waals surface area (Å²) in [6.07, 6.45) is 2.76. The summed E-state index contributed by atoms with van der Waals surface area (Å²) >= 11 is 0. The number of nitrogens with two attached hydrogens (primary N) is 1. The highest BCUT2D eigenvalue weighted by molar-refractivity contribution is 5.94. The second-order valence-electron chi connectivity index (χ2n) is 8.39. The number of fused-ring (bicyclic) bond motifs is 2. The first-order chi connectivity index (χ1) is 16.5. The number of nitrogens with zero attached hydrogens (tertiary/aromatic N) is 1. The molecule has 0 radical (unpaired) electrons. The van der Waals surface area contributed by atoms with Crippen LogP contribution in [-0.4, -0.2) is 17.6 Å². The Bertz CT molecular complexity index is 1390. The Labute approximate surface area is 197 Å². The minimum atomic E-state index is -0.306. The third-order valence-corrected chi connectivity index (χ3v) is 6.25. The van der Waals surface area contributed by atoms with E-state index in [2.05, 4.69) is 4.98 Å². The van der Waals surface area contributed by atoms with Gasteiger partial charge in [0.25, 0.3) is 0 Å². The molecule has 3 aromatic carbocycles. The molecule has 5 nitrogen and oxygen atoms in total. The van der Waals surface area contributed by atoms with Crippen molar-refractivity contribution in [2.24, 2.45) is 0 Å². The highest BCUT2D eigenvalue weighted by Crippen LogP contribution is 2.40. The second-order valence-corrected chi connectivity index (χ2v) is 8.39. The van der Waals surface area contributed by atoms with Gasteiger partial charge in [0.1, 0.15) is 23.5 Å². The van der Waals surface area contributed by atoms with E-state index in [9.17, 15) is 4.79 Å². The number of aromatic nitrogens is 1. The van der Waals surface area contributed by atoms with Crippen LogP contribution in [0.15, 0.2) is 66.9 Å². The van der Waals surface area contributed by atoms with Crippen LogP contribution in [-0.2, 0) is 22.4 Å². The van der Waals surface area contributed by atoms with E-state index < -0.39 is 0 Å². The summed E-state index contributed by atoms with van der Waals surface area (Å²) in [6.45, 7) is 2.11. The van der Waals surface area contributed by atoms with Gasteiger partial charge in [-0.25, -0.2) is 9.37 Å². The third-order valence-electron chi connectivity index (χ3n) is 6.25. The van der Waals surface area contributed by atoms with Gasteiger partial charge < -0.3 is 15.2 Å². The lowest BCUT2D eigenvalue weighted by molar-refractivity contribution is -0.142. The van der Waals surface area contributed by atoms with Gasteiger partial charge in [-0.2, -0.15) is 0 Å². The number of benzene rings is 3.